The first-order chi connectivity index (χ1) is 14.2. The molecular weight excluding hydrogens is 380 g/mol. The van der Waals surface area contributed by atoms with Crippen molar-refractivity contribution in [2.75, 3.05) is 0 Å². The molecule has 0 amide bonds. The van der Waals surface area contributed by atoms with Crippen LogP contribution in [0.25, 0.3) is 0 Å². The zero-order valence-electron chi connectivity index (χ0n) is 21.1. The van der Waals surface area contributed by atoms with E-state index in [0.29, 0.717) is 5.92 Å². The lowest BCUT2D eigenvalue weighted by Gasteiger charge is -2.70. The summed E-state index contributed by atoms with van der Waals surface area (Å²) in [6.45, 7) is 17.0. The fourth-order valence-electron chi connectivity index (χ4n) is 9.95. The van der Waals surface area contributed by atoms with Crippen LogP contribution in [0.1, 0.15) is 99.8 Å². The van der Waals surface area contributed by atoms with Crippen LogP contribution in [0.2, 0.25) is 0 Å². The van der Waals surface area contributed by atoms with Gasteiger partial charge in [0.05, 0.1) is 11.7 Å². The molecule has 0 radical (unpaired) electrons. The summed E-state index contributed by atoms with van der Waals surface area (Å²) >= 11 is 0. The molecule has 31 heavy (non-hydrogen) atoms. The Morgan fingerprint density at radius 1 is 0.903 bits per heavy atom. The van der Waals surface area contributed by atoms with Gasteiger partial charge in [0.2, 0.25) is 0 Å². The fraction of sp³-hybridized carbons (Fsp3) is 0.862. The van der Waals surface area contributed by atoms with Crippen molar-refractivity contribution in [2.24, 2.45) is 44.8 Å². The minimum atomic E-state index is -0.569. The minimum absolute atomic E-state index is 0.0699. The van der Waals surface area contributed by atoms with Crippen molar-refractivity contribution in [1.29, 1.82) is 0 Å². The third-order valence-electron chi connectivity index (χ3n) is 11.8. The Bertz CT molecular complexity index is 836. The van der Waals surface area contributed by atoms with E-state index in [2.05, 4.69) is 66.7 Å². The third kappa shape index (κ3) is 2.76. The van der Waals surface area contributed by atoms with E-state index >= 15 is 0 Å². The number of allylic oxidation sites excluding steroid dienone is 2. The summed E-state index contributed by atoms with van der Waals surface area (Å²) in [5.74, 6) is 1.10. The van der Waals surface area contributed by atoms with Gasteiger partial charge in [-0.05, 0) is 84.4 Å². The molecule has 5 rings (SSSR count). The van der Waals surface area contributed by atoms with Gasteiger partial charge in [0.25, 0.3) is 0 Å². The first-order valence-corrected chi connectivity index (χ1v) is 13.0. The number of fused-ring (bicyclic) bond motifs is 7. The van der Waals surface area contributed by atoms with E-state index in [4.69, 9.17) is 0 Å². The zero-order chi connectivity index (χ0) is 22.7. The zero-order valence-corrected chi connectivity index (χ0v) is 21.1. The Labute approximate surface area is 190 Å². The Kier molecular flexibility index (Phi) is 4.51. The largest absolute Gasteiger partial charge is 0.389 e. The maximum Gasteiger partial charge on any atom is 0.0762 e. The molecule has 4 unspecified atom stereocenters. The smallest absolute Gasteiger partial charge is 0.0762 e. The molecule has 3 fully saturated rings. The van der Waals surface area contributed by atoms with E-state index in [1.54, 1.807) is 0 Å². The van der Waals surface area contributed by atoms with Crippen molar-refractivity contribution in [1.82, 2.24) is 0 Å². The van der Waals surface area contributed by atoms with Gasteiger partial charge in [0.1, 0.15) is 0 Å². The first-order valence-electron chi connectivity index (χ1n) is 13.0. The Hall–Kier alpha value is -0.600. The Morgan fingerprint density at radius 2 is 1.58 bits per heavy atom. The maximum absolute atomic E-state index is 11.8. The van der Waals surface area contributed by atoms with Crippen LogP contribution in [0.15, 0.2) is 23.8 Å². The van der Waals surface area contributed by atoms with Crippen molar-refractivity contribution in [3.05, 3.63) is 23.8 Å². The van der Waals surface area contributed by atoms with Gasteiger partial charge in [-0.1, -0.05) is 72.3 Å². The molecule has 0 aromatic rings. The Morgan fingerprint density at radius 3 is 2.29 bits per heavy atom. The second-order valence-electron chi connectivity index (χ2n) is 14.4. The van der Waals surface area contributed by atoms with Gasteiger partial charge < -0.3 is 10.2 Å². The normalized spacial score (nSPS) is 54.7. The van der Waals surface area contributed by atoms with Gasteiger partial charge >= 0.3 is 0 Å². The average molecular weight is 427 g/mol. The third-order valence-corrected chi connectivity index (χ3v) is 11.8. The molecule has 0 heterocycles. The van der Waals surface area contributed by atoms with Crippen molar-refractivity contribution < 1.29 is 10.2 Å². The standard InChI is InChI=1S/C29H46O2/c1-24(2)13-15-29(31)16-14-27(6)19(20(29)18-24)17-21(30)23-26(5)11-8-10-25(3,4)22(26)9-12-28(23,27)7/h8,10,17,20-23,30-31H,9,11-16,18H2,1-7H3/t20?,21?,22?,23?,26-,27-,28+,29-/m0/s1. The van der Waals surface area contributed by atoms with Gasteiger partial charge in [-0.3, -0.25) is 0 Å². The molecule has 5 aliphatic rings. The second-order valence-corrected chi connectivity index (χ2v) is 14.4. The lowest BCUT2D eigenvalue weighted by Crippen LogP contribution is -2.66. The minimum Gasteiger partial charge on any atom is -0.389 e. The summed E-state index contributed by atoms with van der Waals surface area (Å²) in [6.07, 6.45) is 15.3. The van der Waals surface area contributed by atoms with Gasteiger partial charge in [-0.2, -0.15) is 0 Å². The number of rotatable bonds is 0. The van der Waals surface area contributed by atoms with Gasteiger partial charge in [0.15, 0.2) is 0 Å². The SMILES string of the molecule is CC1(C)CC[C@]2(O)CC[C@@]3(C)C(=CC(O)C4[C@@]5(C)CC=CC(C)(C)C5CC[C@]43C)C2C1. The van der Waals surface area contributed by atoms with Gasteiger partial charge in [-0.15, -0.1) is 0 Å². The number of aliphatic hydroxyl groups excluding tert-OH is 1. The highest BCUT2D eigenvalue weighted by atomic mass is 16.3. The summed E-state index contributed by atoms with van der Waals surface area (Å²) in [7, 11) is 0. The molecule has 2 N–H and O–H groups in total. The molecule has 8 atom stereocenters. The summed E-state index contributed by atoms with van der Waals surface area (Å²) in [5, 5.41) is 23.5. The van der Waals surface area contributed by atoms with Crippen LogP contribution >= 0.6 is 0 Å². The number of hydrogen-bond donors (Lipinski definition) is 2. The van der Waals surface area contributed by atoms with Crippen LogP contribution in [-0.2, 0) is 0 Å². The molecular formula is C29H46O2. The molecule has 5 aliphatic carbocycles. The summed E-state index contributed by atoms with van der Waals surface area (Å²) in [6, 6.07) is 0. The van der Waals surface area contributed by atoms with E-state index in [-0.39, 0.29) is 38.9 Å². The molecule has 2 heteroatoms. The summed E-state index contributed by atoms with van der Waals surface area (Å²) < 4.78 is 0. The lowest BCUT2D eigenvalue weighted by molar-refractivity contribution is -0.199. The predicted octanol–water partition coefficient (Wildman–Crippen LogP) is 6.67. The monoisotopic (exact) mass is 426 g/mol. The van der Waals surface area contributed by atoms with E-state index in [1.165, 1.54) is 18.4 Å². The molecule has 0 saturated heterocycles. The van der Waals surface area contributed by atoms with Crippen LogP contribution in [0.5, 0.6) is 0 Å². The van der Waals surface area contributed by atoms with Crippen LogP contribution in [0.3, 0.4) is 0 Å². The molecule has 3 saturated carbocycles. The molecule has 0 aliphatic heterocycles. The molecule has 0 spiro atoms. The molecule has 2 nitrogen and oxygen atoms in total. The Balaban J connectivity index is 1.63. The summed E-state index contributed by atoms with van der Waals surface area (Å²) in [5.41, 5.74) is 1.56. The van der Waals surface area contributed by atoms with Crippen molar-refractivity contribution in [2.45, 2.75) is 112 Å². The molecule has 174 valence electrons. The molecule has 0 aromatic carbocycles. The predicted molar refractivity (Wildman–Crippen MR) is 127 cm³/mol. The maximum atomic E-state index is 11.8. The highest BCUT2D eigenvalue weighted by Crippen LogP contribution is 2.74. The van der Waals surface area contributed by atoms with Gasteiger partial charge in [0, 0.05) is 11.8 Å². The topological polar surface area (TPSA) is 40.5 Å². The lowest BCUT2D eigenvalue weighted by atomic mass is 9.34. The quantitative estimate of drug-likeness (QED) is 0.425. The van der Waals surface area contributed by atoms with Crippen molar-refractivity contribution in [3.63, 3.8) is 0 Å². The van der Waals surface area contributed by atoms with E-state index in [9.17, 15) is 10.2 Å². The molecule has 0 bridgehead atoms. The average Bonchev–Trinajstić information content (AvgIpc) is 2.64. The van der Waals surface area contributed by atoms with Crippen LogP contribution < -0.4 is 0 Å². The van der Waals surface area contributed by atoms with E-state index < -0.39 is 11.7 Å². The van der Waals surface area contributed by atoms with E-state index in [0.717, 1.165) is 38.5 Å². The van der Waals surface area contributed by atoms with Crippen LogP contribution in [-0.4, -0.2) is 21.9 Å². The fourth-order valence-corrected chi connectivity index (χ4v) is 9.95. The number of hydrogen-bond acceptors (Lipinski definition) is 2. The second kappa shape index (κ2) is 6.29. The molecule has 0 aromatic heterocycles. The highest BCUT2D eigenvalue weighted by molar-refractivity contribution is 5.36. The summed E-state index contributed by atoms with van der Waals surface area (Å²) in [4.78, 5) is 0. The van der Waals surface area contributed by atoms with Crippen molar-refractivity contribution >= 4 is 0 Å². The van der Waals surface area contributed by atoms with Crippen LogP contribution in [0, 0.1) is 44.8 Å². The first kappa shape index (κ1) is 22.2. The van der Waals surface area contributed by atoms with E-state index in [1.807, 2.05) is 0 Å². The van der Waals surface area contributed by atoms with Crippen molar-refractivity contribution in [3.8, 4) is 0 Å². The van der Waals surface area contributed by atoms with Crippen LogP contribution in [0.4, 0.5) is 0 Å². The highest BCUT2D eigenvalue weighted by Gasteiger charge is 2.68. The van der Waals surface area contributed by atoms with Gasteiger partial charge in [-0.25, -0.2) is 0 Å². The number of aliphatic hydroxyl groups is 2.